The van der Waals surface area contributed by atoms with Crippen LogP contribution in [-0.2, 0) is 18.3 Å². The van der Waals surface area contributed by atoms with Crippen molar-refractivity contribution in [3.05, 3.63) is 107 Å². The van der Waals surface area contributed by atoms with E-state index in [1.54, 1.807) is 36.5 Å². The van der Waals surface area contributed by atoms with E-state index in [1.807, 2.05) is 0 Å². The van der Waals surface area contributed by atoms with Crippen molar-refractivity contribution in [2.75, 3.05) is 5.32 Å². The van der Waals surface area contributed by atoms with Gasteiger partial charge in [-0.15, -0.1) is 0 Å². The second kappa shape index (κ2) is 10.8. The Morgan fingerprint density at radius 1 is 1.05 bits per heavy atom. The summed E-state index contributed by atoms with van der Waals surface area (Å²) in [6.07, 6.45) is -0.0731. The molecule has 40 heavy (non-hydrogen) atoms. The molecule has 0 spiro atoms. The molecule has 0 aliphatic heterocycles. The zero-order valence-electron chi connectivity index (χ0n) is 21.3. The first-order valence-electron chi connectivity index (χ1n) is 12.8. The quantitative estimate of drug-likeness (QED) is 0.235. The van der Waals surface area contributed by atoms with Crippen LogP contribution < -0.4 is 11.1 Å². The number of carbonyl (C=O) groups is 1. The van der Waals surface area contributed by atoms with E-state index in [9.17, 15) is 27.5 Å². The first-order chi connectivity index (χ1) is 19.1. The topological polar surface area (TPSA) is 106 Å². The van der Waals surface area contributed by atoms with Crippen LogP contribution in [0.2, 0.25) is 0 Å². The number of hydrogen-bond donors (Lipinski definition) is 3. The standard InChI is InChI=1S/C29H27F4N5O2/c30-22-10-9-20(28(40,12-11-18-7-8-18)25-6-1-2-13-35-25)15-23(22)36-27(39)24-16-26(29(31,32)33)37-38(24)21-5-3-4-19(14-21)17-34/h1-6,9-10,13-16,18,40H,7-8,11-12,17,34H2,(H,36,39)/t28-/m1/s1. The molecule has 1 aliphatic carbocycles. The third-order valence-electron chi connectivity index (χ3n) is 7.02. The monoisotopic (exact) mass is 553 g/mol. The fourth-order valence-corrected chi connectivity index (χ4v) is 4.61. The smallest absolute Gasteiger partial charge is 0.379 e. The number of aliphatic hydroxyl groups is 1. The molecule has 0 radical (unpaired) electrons. The van der Waals surface area contributed by atoms with Gasteiger partial charge >= 0.3 is 6.18 Å². The van der Waals surface area contributed by atoms with E-state index >= 15 is 0 Å². The number of benzene rings is 2. The minimum atomic E-state index is -4.82. The summed E-state index contributed by atoms with van der Waals surface area (Å²) in [7, 11) is 0. The SMILES string of the molecule is NCc1cccc(-n2nc(C(F)(F)F)cc2C(=O)Nc2cc([C@](O)(CCC3CC3)c3ccccn3)ccc2F)c1. The molecule has 1 fully saturated rings. The van der Waals surface area contributed by atoms with Crippen LogP contribution in [0.4, 0.5) is 23.2 Å². The van der Waals surface area contributed by atoms with Gasteiger partial charge in [0.05, 0.1) is 17.1 Å². The lowest BCUT2D eigenvalue weighted by molar-refractivity contribution is -0.141. The number of rotatable bonds is 9. The van der Waals surface area contributed by atoms with Crippen LogP contribution in [0.5, 0.6) is 0 Å². The van der Waals surface area contributed by atoms with Crippen LogP contribution in [0.3, 0.4) is 0 Å². The number of amides is 1. The number of anilines is 1. The number of nitrogens with zero attached hydrogens (tertiary/aromatic N) is 3. The molecule has 4 N–H and O–H groups in total. The minimum Gasteiger partial charge on any atom is -0.379 e. The molecule has 208 valence electrons. The summed E-state index contributed by atoms with van der Waals surface area (Å²) in [5.74, 6) is -1.35. The molecule has 1 atom stereocenters. The van der Waals surface area contributed by atoms with Gasteiger partial charge in [0.25, 0.3) is 5.91 Å². The van der Waals surface area contributed by atoms with Crippen molar-refractivity contribution in [1.82, 2.24) is 14.8 Å². The molecule has 4 aromatic rings. The van der Waals surface area contributed by atoms with Gasteiger partial charge in [0.15, 0.2) is 5.69 Å². The average molecular weight is 554 g/mol. The fourth-order valence-electron chi connectivity index (χ4n) is 4.61. The second-order valence-electron chi connectivity index (χ2n) is 9.90. The largest absolute Gasteiger partial charge is 0.435 e. The van der Waals surface area contributed by atoms with E-state index in [1.165, 1.54) is 24.3 Å². The van der Waals surface area contributed by atoms with Crippen molar-refractivity contribution in [3.8, 4) is 5.69 Å². The number of hydrogen-bond acceptors (Lipinski definition) is 5. The number of pyridine rings is 1. The molecule has 0 bridgehead atoms. The highest BCUT2D eigenvalue weighted by molar-refractivity contribution is 6.03. The summed E-state index contributed by atoms with van der Waals surface area (Å²) < 4.78 is 56.5. The molecule has 1 aliphatic rings. The van der Waals surface area contributed by atoms with Crippen molar-refractivity contribution in [3.63, 3.8) is 0 Å². The Bertz CT molecular complexity index is 1520. The maximum absolute atomic E-state index is 14.9. The van der Waals surface area contributed by atoms with Crippen LogP contribution in [-0.4, -0.2) is 25.8 Å². The maximum atomic E-state index is 14.9. The molecule has 1 saturated carbocycles. The zero-order valence-corrected chi connectivity index (χ0v) is 21.3. The van der Waals surface area contributed by atoms with Gasteiger partial charge in [-0.1, -0.05) is 37.1 Å². The van der Waals surface area contributed by atoms with E-state index < -0.39 is 34.9 Å². The minimum absolute atomic E-state index is 0.126. The Hall–Kier alpha value is -4.09. The van der Waals surface area contributed by atoms with Crippen LogP contribution in [0.25, 0.3) is 5.69 Å². The Balaban J connectivity index is 1.51. The Kier molecular flexibility index (Phi) is 7.43. The maximum Gasteiger partial charge on any atom is 0.435 e. The van der Waals surface area contributed by atoms with Gasteiger partial charge in [-0.05, 0) is 66.3 Å². The lowest BCUT2D eigenvalue weighted by atomic mass is 9.84. The van der Waals surface area contributed by atoms with Crippen molar-refractivity contribution < 1.29 is 27.5 Å². The highest BCUT2D eigenvalue weighted by atomic mass is 19.4. The van der Waals surface area contributed by atoms with E-state index in [2.05, 4.69) is 15.4 Å². The van der Waals surface area contributed by atoms with Crippen LogP contribution in [0.15, 0.2) is 72.9 Å². The predicted molar refractivity (Wildman–Crippen MR) is 140 cm³/mol. The van der Waals surface area contributed by atoms with Gasteiger partial charge in [-0.3, -0.25) is 9.78 Å². The molecule has 2 aromatic carbocycles. The van der Waals surface area contributed by atoms with Gasteiger partial charge < -0.3 is 16.2 Å². The average Bonchev–Trinajstić information content (AvgIpc) is 3.67. The van der Waals surface area contributed by atoms with Gasteiger partial charge in [-0.2, -0.15) is 18.3 Å². The third kappa shape index (κ3) is 5.75. The molecule has 7 nitrogen and oxygen atoms in total. The fraction of sp³-hybridized carbons (Fsp3) is 0.276. The van der Waals surface area contributed by atoms with Gasteiger partial charge in [0.1, 0.15) is 17.1 Å². The Morgan fingerprint density at radius 3 is 2.52 bits per heavy atom. The summed E-state index contributed by atoms with van der Waals surface area (Å²) in [5.41, 5.74) is 3.52. The molecule has 0 unspecified atom stereocenters. The summed E-state index contributed by atoms with van der Waals surface area (Å²) >= 11 is 0. The highest BCUT2D eigenvalue weighted by Crippen LogP contribution is 2.41. The molecule has 5 rings (SSSR count). The Labute approximate surface area is 227 Å². The van der Waals surface area contributed by atoms with Crippen LogP contribution in [0, 0.1) is 11.7 Å². The van der Waals surface area contributed by atoms with Gasteiger partial charge in [0, 0.05) is 18.8 Å². The first-order valence-corrected chi connectivity index (χ1v) is 12.8. The number of alkyl halides is 3. The number of nitrogens with two attached hydrogens (primary N) is 1. The number of halogens is 4. The molecule has 2 aromatic heterocycles. The molecular formula is C29H27F4N5O2. The third-order valence-corrected chi connectivity index (χ3v) is 7.02. The normalized spacial score (nSPS) is 15.1. The van der Waals surface area contributed by atoms with Gasteiger partial charge in [-0.25, -0.2) is 9.07 Å². The predicted octanol–water partition coefficient (Wildman–Crippen LogP) is 5.56. The van der Waals surface area contributed by atoms with Crippen LogP contribution >= 0.6 is 0 Å². The van der Waals surface area contributed by atoms with E-state index in [-0.39, 0.29) is 17.9 Å². The highest BCUT2D eigenvalue weighted by Gasteiger charge is 2.38. The molecular weight excluding hydrogens is 526 g/mol. The van der Waals surface area contributed by atoms with Crippen molar-refractivity contribution >= 4 is 11.6 Å². The van der Waals surface area contributed by atoms with E-state index in [0.717, 1.165) is 30.0 Å². The lowest BCUT2D eigenvalue weighted by Gasteiger charge is -2.29. The van der Waals surface area contributed by atoms with Gasteiger partial charge in [0.2, 0.25) is 0 Å². The molecule has 11 heteroatoms. The molecule has 0 saturated heterocycles. The van der Waals surface area contributed by atoms with E-state index in [0.29, 0.717) is 35.2 Å². The van der Waals surface area contributed by atoms with Crippen molar-refractivity contribution in [2.45, 2.75) is 44.0 Å². The summed E-state index contributed by atoms with van der Waals surface area (Å²) in [6, 6.07) is 15.8. The number of nitrogens with one attached hydrogen (secondary N) is 1. The summed E-state index contributed by atoms with van der Waals surface area (Å²) in [4.78, 5) is 17.6. The molecule has 1 amide bonds. The zero-order chi connectivity index (χ0) is 28.5. The first kappa shape index (κ1) is 27.5. The van der Waals surface area contributed by atoms with Crippen LogP contribution in [0.1, 0.15) is 58.7 Å². The van der Waals surface area contributed by atoms with E-state index in [4.69, 9.17) is 5.73 Å². The Morgan fingerprint density at radius 2 is 1.85 bits per heavy atom. The summed E-state index contributed by atoms with van der Waals surface area (Å²) in [5, 5.41) is 17.8. The second-order valence-corrected chi connectivity index (χ2v) is 9.90. The number of carbonyl (C=O) groups excluding carboxylic acids is 1. The summed E-state index contributed by atoms with van der Waals surface area (Å²) in [6.45, 7) is 0.126. The number of aromatic nitrogens is 3. The van der Waals surface area contributed by atoms with Crippen molar-refractivity contribution in [1.29, 1.82) is 0 Å². The molecule has 2 heterocycles. The lowest BCUT2D eigenvalue weighted by Crippen LogP contribution is -2.29. The van der Waals surface area contributed by atoms with Crippen molar-refractivity contribution in [2.24, 2.45) is 11.7 Å².